The van der Waals surface area contributed by atoms with E-state index in [1.807, 2.05) is 43.3 Å². The van der Waals surface area contributed by atoms with Gasteiger partial charge in [0.2, 0.25) is 0 Å². The van der Waals surface area contributed by atoms with Crippen molar-refractivity contribution in [1.82, 2.24) is 0 Å². The van der Waals surface area contributed by atoms with Crippen LogP contribution in [0.25, 0.3) is 11.3 Å². The average Bonchev–Trinajstić information content (AvgIpc) is 2.85. The molecule has 0 spiro atoms. The van der Waals surface area contributed by atoms with Gasteiger partial charge in [0.15, 0.2) is 0 Å². The van der Waals surface area contributed by atoms with Crippen LogP contribution in [0.5, 0.6) is 0 Å². The lowest BCUT2D eigenvalue weighted by Gasteiger charge is -2.15. The van der Waals surface area contributed by atoms with Crippen LogP contribution in [0.3, 0.4) is 0 Å². The standard InChI is InChI=1S/C15H19NO3/c1-10-2-7-15(19-10)12-5-3-11(4-6-12)14(18)8-13(16)9-17/h2-7,13-14,17-18H,8-9,16H2,1H3/t13-,14+/m1/s1. The molecule has 0 aliphatic carbocycles. The predicted molar refractivity (Wildman–Crippen MR) is 73.5 cm³/mol. The zero-order valence-electron chi connectivity index (χ0n) is 10.9. The van der Waals surface area contributed by atoms with Crippen molar-refractivity contribution >= 4 is 0 Å². The largest absolute Gasteiger partial charge is 0.461 e. The topological polar surface area (TPSA) is 79.6 Å². The summed E-state index contributed by atoms with van der Waals surface area (Å²) in [5, 5.41) is 18.9. The van der Waals surface area contributed by atoms with Crippen molar-refractivity contribution in [3.63, 3.8) is 0 Å². The van der Waals surface area contributed by atoms with E-state index in [1.54, 1.807) is 0 Å². The zero-order chi connectivity index (χ0) is 13.8. The van der Waals surface area contributed by atoms with Crippen LogP contribution in [0, 0.1) is 6.92 Å². The third-order valence-corrected chi connectivity index (χ3v) is 3.08. The molecule has 0 amide bonds. The second-order valence-electron chi connectivity index (χ2n) is 4.73. The van der Waals surface area contributed by atoms with E-state index in [0.29, 0.717) is 6.42 Å². The Morgan fingerprint density at radius 1 is 1.16 bits per heavy atom. The van der Waals surface area contributed by atoms with Crippen LogP contribution < -0.4 is 5.73 Å². The van der Waals surface area contributed by atoms with E-state index in [0.717, 1.165) is 22.6 Å². The predicted octanol–water partition coefficient (Wildman–Crippen LogP) is 2.00. The van der Waals surface area contributed by atoms with Gasteiger partial charge in [-0.15, -0.1) is 0 Å². The number of hydrogen-bond donors (Lipinski definition) is 3. The number of hydrogen-bond acceptors (Lipinski definition) is 4. The lowest BCUT2D eigenvalue weighted by atomic mass is 10.0. The van der Waals surface area contributed by atoms with E-state index >= 15 is 0 Å². The van der Waals surface area contributed by atoms with Crippen molar-refractivity contribution in [2.24, 2.45) is 5.73 Å². The Bertz CT molecular complexity index is 518. The third-order valence-electron chi connectivity index (χ3n) is 3.08. The summed E-state index contributed by atoms with van der Waals surface area (Å²) in [6, 6.07) is 10.9. The van der Waals surface area contributed by atoms with Crippen molar-refractivity contribution in [2.45, 2.75) is 25.5 Å². The molecule has 0 fully saturated rings. The Balaban J connectivity index is 2.10. The van der Waals surface area contributed by atoms with E-state index in [4.69, 9.17) is 15.3 Å². The molecule has 4 nitrogen and oxygen atoms in total. The minimum atomic E-state index is -0.658. The molecule has 0 radical (unpaired) electrons. The molecule has 4 heteroatoms. The van der Waals surface area contributed by atoms with Crippen LogP contribution in [0.2, 0.25) is 0 Å². The van der Waals surface area contributed by atoms with Crippen molar-refractivity contribution in [3.05, 3.63) is 47.7 Å². The van der Waals surface area contributed by atoms with E-state index in [9.17, 15) is 5.11 Å². The summed E-state index contributed by atoms with van der Waals surface area (Å²) in [6.07, 6.45) is -0.315. The fraction of sp³-hybridized carbons (Fsp3) is 0.333. The maximum atomic E-state index is 9.97. The maximum Gasteiger partial charge on any atom is 0.134 e. The lowest BCUT2D eigenvalue weighted by Crippen LogP contribution is -2.26. The van der Waals surface area contributed by atoms with Crippen LogP contribution in [-0.2, 0) is 0 Å². The molecule has 2 aromatic rings. The van der Waals surface area contributed by atoms with Crippen LogP contribution in [0.15, 0.2) is 40.8 Å². The van der Waals surface area contributed by atoms with Crippen LogP contribution >= 0.6 is 0 Å². The number of aliphatic hydroxyl groups excluding tert-OH is 2. The fourth-order valence-corrected chi connectivity index (χ4v) is 1.96. The molecule has 0 saturated carbocycles. The van der Waals surface area contributed by atoms with Gasteiger partial charge in [-0.25, -0.2) is 0 Å². The first kappa shape index (κ1) is 13.8. The van der Waals surface area contributed by atoms with Gasteiger partial charge in [-0.2, -0.15) is 0 Å². The van der Waals surface area contributed by atoms with Crippen molar-refractivity contribution < 1.29 is 14.6 Å². The molecule has 2 atom stereocenters. The highest BCUT2D eigenvalue weighted by atomic mass is 16.3. The first-order valence-corrected chi connectivity index (χ1v) is 6.31. The molecule has 4 N–H and O–H groups in total. The smallest absolute Gasteiger partial charge is 0.134 e. The molecule has 102 valence electrons. The zero-order valence-corrected chi connectivity index (χ0v) is 10.9. The first-order valence-electron chi connectivity index (χ1n) is 6.31. The van der Waals surface area contributed by atoms with Crippen LogP contribution in [0.4, 0.5) is 0 Å². The number of nitrogens with two attached hydrogens (primary N) is 1. The molecular weight excluding hydrogens is 242 g/mol. The minimum Gasteiger partial charge on any atom is -0.461 e. The normalized spacial score (nSPS) is 14.3. The molecule has 2 rings (SSSR count). The molecular formula is C15H19NO3. The van der Waals surface area contributed by atoms with E-state index in [2.05, 4.69) is 0 Å². The molecule has 0 unspecified atom stereocenters. The fourth-order valence-electron chi connectivity index (χ4n) is 1.96. The quantitative estimate of drug-likeness (QED) is 0.769. The Hall–Kier alpha value is -1.62. The van der Waals surface area contributed by atoms with Crippen molar-refractivity contribution in [1.29, 1.82) is 0 Å². The second kappa shape index (κ2) is 6.02. The lowest BCUT2D eigenvalue weighted by molar-refractivity contribution is 0.140. The Morgan fingerprint density at radius 2 is 1.84 bits per heavy atom. The summed E-state index contributed by atoms with van der Waals surface area (Å²) in [5.74, 6) is 1.68. The van der Waals surface area contributed by atoms with Gasteiger partial charge in [0, 0.05) is 11.6 Å². The number of furan rings is 1. The average molecular weight is 261 g/mol. The molecule has 1 aromatic carbocycles. The molecule has 1 heterocycles. The van der Waals surface area contributed by atoms with E-state index < -0.39 is 12.1 Å². The van der Waals surface area contributed by atoms with Gasteiger partial charge in [-0.05, 0) is 31.0 Å². The van der Waals surface area contributed by atoms with Gasteiger partial charge < -0.3 is 20.4 Å². The third kappa shape index (κ3) is 3.44. The number of benzene rings is 1. The van der Waals surface area contributed by atoms with E-state index in [-0.39, 0.29) is 6.61 Å². The molecule has 1 aromatic heterocycles. The highest BCUT2D eigenvalue weighted by Crippen LogP contribution is 2.25. The van der Waals surface area contributed by atoms with Gasteiger partial charge >= 0.3 is 0 Å². The summed E-state index contributed by atoms with van der Waals surface area (Å²) in [4.78, 5) is 0. The van der Waals surface area contributed by atoms with Crippen LogP contribution in [-0.4, -0.2) is 22.9 Å². The monoisotopic (exact) mass is 261 g/mol. The summed E-state index contributed by atoms with van der Waals surface area (Å²) >= 11 is 0. The number of aliphatic hydroxyl groups is 2. The first-order chi connectivity index (χ1) is 9.10. The molecule has 19 heavy (non-hydrogen) atoms. The van der Waals surface area contributed by atoms with E-state index in [1.165, 1.54) is 0 Å². The Labute approximate surface area is 112 Å². The summed E-state index contributed by atoms with van der Waals surface area (Å²) in [5.41, 5.74) is 7.37. The minimum absolute atomic E-state index is 0.124. The number of aryl methyl sites for hydroxylation is 1. The van der Waals surface area contributed by atoms with Gasteiger partial charge in [-0.3, -0.25) is 0 Å². The summed E-state index contributed by atoms with van der Waals surface area (Å²) in [7, 11) is 0. The highest BCUT2D eigenvalue weighted by Gasteiger charge is 2.12. The van der Waals surface area contributed by atoms with Gasteiger partial charge in [0.1, 0.15) is 11.5 Å². The van der Waals surface area contributed by atoms with Gasteiger partial charge in [0.25, 0.3) is 0 Å². The SMILES string of the molecule is Cc1ccc(-c2ccc([C@@H](O)C[C@@H](N)CO)cc2)o1. The molecule has 0 saturated heterocycles. The Morgan fingerprint density at radius 3 is 2.37 bits per heavy atom. The van der Waals surface area contributed by atoms with Crippen LogP contribution in [0.1, 0.15) is 23.8 Å². The molecule has 0 aliphatic rings. The summed E-state index contributed by atoms with van der Waals surface area (Å²) in [6.45, 7) is 1.78. The number of rotatable bonds is 5. The second-order valence-corrected chi connectivity index (χ2v) is 4.73. The maximum absolute atomic E-state index is 9.97. The highest BCUT2D eigenvalue weighted by molar-refractivity contribution is 5.58. The molecule has 0 bridgehead atoms. The Kier molecular flexibility index (Phi) is 4.37. The van der Waals surface area contributed by atoms with Crippen molar-refractivity contribution in [3.8, 4) is 11.3 Å². The summed E-state index contributed by atoms with van der Waals surface area (Å²) < 4.78 is 5.54. The molecule has 0 aliphatic heterocycles. The van der Waals surface area contributed by atoms with Crippen molar-refractivity contribution in [2.75, 3.05) is 6.61 Å². The van der Waals surface area contributed by atoms with Gasteiger partial charge in [0.05, 0.1) is 12.7 Å². The van der Waals surface area contributed by atoms with Gasteiger partial charge in [-0.1, -0.05) is 24.3 Å².